The lowest BCUT2D eigenvalue weighted by Gasteiger charge is -2.48. The second-order valence-electron chi connectivity index (χ2n) is 7.68. The molecule has 2 N–H and O–H groups in total. The van der Waals surface area contributed by atoms with Crippen LogP contribution in [0.2, 0.25) is 0 Å². The molecule has 0 atom stereocenters. The minimum Gasteiger partial charge on any atom is -0.357 e. The Labute approximate surface area is 180 Å². The van der Waals surface area contributed by atoms with Crippen LogP contribution >= 0.6 is 24.0 Å². The molecule has 1 saturated heterocycles. The highest BCUT2D eigenvalue weighted by Crippen LogP contribution is 2.35. The largest absolute Gasteiger partial charge is 0.357 e. The fraction of sp³-hybridized carbons (Fsp3) is 0.842. The normalized spacial score (nSPS) is 20.7. The van der Waals surface area contributed by atoms with E-state index in [4.69, 9.17) is 4.99 Å². The zero-order valence-corrected chi connectivity index (χ0v) is 19.2. The third-order valence-corrected chi connectivity index (χ3v) is 5.92. The molecule has 8 heteroatoms. The van der Waals surface area contributed by atoms with Gasteiger partial charge in [0.25, 0.3) is 0 Å². The van der Waals surface area contributed by atoms with Crippen LogP contribution in [0.1, 0.15) is 64.1 Å². The average Bonchev–Trinajstić information content (AvgIpc) is 3.10. The van der Waals surface area contributed by atoms with Gasteiger partial charge in [0.05, 0.1) is 0 Å². The van der Waals surface area contributed by atoms with Crippen LogP contribution < -0.4 is 10.6 Å². The van der Waals surface area contributed by atoms with E-state index in [0.29, 0.717) is 12.1 Å². The molecule has 0 unspecified atom stereocenters. The van der Waals surface area contributed by atoms with Crippen LogP contribution in [-0.4, -0.2) is 57.3 Å². The van der Waals surface area contributed by atoms with E-state index >= 15 is 0 Å². The summed E-state index contributed by atoms with van der Waals surface area (Å²) >= 11 is 0. The predicted octanol–water partition coefficient (Wildman–Crippen LogP) is 2.68. The Morgan fingerprint density at radius 1 is 1.11 bits per heavy atom. The van der Waals surface area contributed by atoms with Gasteiger partial charge in [-0.1, -0.05) is 25.7 Å². The van der Waals surface area contributed by atoms with Gasteiger partial charge >= 0.3 is 0 Å². The Morgan fingerprint density at radius 2 is 1.81 bits per heavy atom. The molecule has 0 spiro atoms. The second kappa shape index (κ2) is 11.2. The molecule has 0 aromatic carbocycles. The molecule has 1 aliphatic heterocycles. The number of halogens is 1. The lowest BCUT2D eigenvalue weighted by molar-refractivity contribution is 0.0368. The minimum atomic E-state index is 0. The first-order valence-electron chi connectivity index (χ1n) is 10.3. The molecule has 3 rings (SSSR count). The monoisotopic (exact) mass is 489 g/mol. The van der Waals surface area contributed by atoms with Gasteiger partial charge in [-0.25, -0.2) is 9.98 Å². The van der Waals surface area contributed by atoms with Gasteiger partial charge < -0.3 is 10.6 Å². The van der Waals surface area contributed by atoms with Gasteiger partial charge in [-0.3, -0.25) is 9.58 Å². The van der Waals surface area contributed by atoms with Crippen molar-refractivity contribution < 1.29 is 0 Å². The smallest absolute Gasteiger partial charge is 0.191 e. The number of nitrogens with zero attached hydrogens (tertiary/aromatic N) is 5. The van der Waals surface area contributed by atoms with Crippen molar-refractivity contribution in [3.63, 3.8) is 0 Å². The maximum Gasteiger partial charge on any atom is 0.191 e. The molecule has 0 amide bonds. The van der Waals surface area contributed by atoms with Gasteiger partial charge in [0, 0.05) is 25.7 Å². The summed E-state index contributed by atoms with van der Waals surface area (Å²) in [5, 5.41) is 11.2. The van der Waals surface area contributed by atoms with E-state index in [2.05, 4.69) is 32.5 Å². The summed E-state index contributed by atoms with van der Waals surface area (Å²) in [6, 6.07) is 0. The van der Waals surface area contributed by atoms with Crippen molar-refractivity contribution in [2.75, 3.05) is 26.2 Å². The van der Waals surface area contributed by atoms with Crippen molar-refractivity contribution >= 4 is 29.9 Å². The lowest BCUT2D eigenvalue weighted by Crippen LogP contribution is -2.59. The molecule has 27 heavy (non-hydrogen) atoms. The Morgan fingerprint density at radius 3 is 2.44 bits per heavy atom. The molecule has 7 nitrogen and oxygen atoms in total. The predicted molar refractivity (Wildman–Crippen MR) is 120 cm³/mol. The third-order valence-electron chi connectivity index (χ3n) is 5.92. The molecule has 2 fully saturated rings. The number of aromatic nitrogens is 3. The van der Waals surface area contributed by atoms with Crippen molar-refractivity contribution in [1.29, 1.82) is 0 Å². The number of hydrogen-bond donors (Lipinski definition) is 2. The molecule has 0 bridgehead atoms. The zero-order valence-electron chi connectivity index (χ0n) is 16.9. The molecule has 1 saturated carbocycles. The molecule has 1 aromatic heterocycles. The summed E-state index contributed by atoms with van der Waals surface area (Å²) in [6.07, 6.45) is 12.4. The SMILES string of the molecule is CCNC(=NCc1ncnn1C)NCC1(N2CCCCC2)CCCCC1.I. The fourth-order valence-corrected chi connectivity index (χ4v) is 4.39. The topological polar surface area (TPSA) is 70.4 Å². The number of hydrogen-bond acceptors (Lipinski definition) is 4. The number of piperidine rings is 1. The summed E-state index contributed by atoms with van der Waals surface area (Å²) in [7, 11) is 1.91. The van der Waals surface area contributed by atoms with Crippen LogP contribution in [0.4, 0.5) is 0 Å². The Bertz CT molecular complexity index is 574. The number of guanidine groups is 1. The summed E-state index contributed by atoms with van der Waals surface area (Å²) in [5.74, 6) is 1.77. The van der Waals surface area contributed by atoms with Crippen molar-refractivity contribution in [2.24, 2.45) is 12.0 Å². The Balaban J connectivity index is 0.00000261. The first-order chi connectivity index (χ1) is 12.7. The minimum absolute atomic E-state index is 0. The van der Waals surface area contributed by atoms with Crippen LogP contribution in [-0.2, 0) is 13.6 Å². The van der Waals surface area contributed by atoms with E-state index < -0.39 is 0 Å². The first-order valence-corrected chi connectivity index (χ1v) is 10.3. The third kappa shape index (κ3) is 6.04. The molecule has 0 radical (unpaired) electrons. The molecule has 1 aromatic rings. The van der Waals surface area contributed by atoms with Gasteiger partial charge in [0.1, 0.15) is 18.7 Å². The Kier molecular flexibility index (Phi) is 9.28. The molecule has 154 valence electrons. The van der Waals surface area contributed by atoms with Crippen LogP contribution in [0.5, 0.6) is 0 Å². The maximum absolute atomic E-state index is 4.73. The van der Waals surface area contributed by atoms with Gasteiger partial charge in [-0.05, 0) is 45.7 Å². The molecule has 2 aliphatic rings. The molecule has 2 heterocycles. The van der Waals surface area contributed by atoms with Crippen molar-refractivity contribution in [3.05, 3.63) is 12.2 Å². The zero-order chi connectivity index (χ0) is 18.2. The van der Waals surface area contributed by atoms with E-state index in [0.717, 1.165) is 24.9 Å². The summed E-state index contributed by atoms with van der Waals surface area (Å²) in [4.78, 5) is 11.8. The molecule has 1 aliphatic carbocycles. The summed E-state index contributed by atoms with van der Waals surface area (Å²) in [6.45, 7) is 7.02. The summed E-state index contributed by atoms with van der Waals surface area (Å²) < 4.78 is 1.78. The van der Waals surface area contributed by atoms with Crippen molar-refractivity contribution in [1.82, 2.24) is 30.3 Å². The van der Waals surface area contributed by atoms with Crippen molar-refractivity contribution in [2.45, 2.75) is 70.4 Å². The quantitative estimate of drug-likeness (QED) is 0.366. The first kappa shape index (κ1) is 22.4. The molecular weight excluding hydrogens is 453 g/mol. The van der Waals surface area contributed by atoms with E-state index in [1.54, 1.807) is 11.0 Å². The van der Waals surface area contributed by atoms with Gasteiger partial charge in [-0.2, -0.15) is 5.10 Å². The van der Waals surface area contributed by atoms with Gasteiger partial charge in [-0.15, -0.1) is 24.0 Å². The van der Waals surface area contributed by atoms with E-state index in [9.17, 15) is 0 Å². The van der Waals surface area contributed by atoms with E-state index in [-0.39, 0.29) is 24.0 Å². The maximum atomic E-state index is 4.73. The number of aryl methyl sites for hydroxylation is 1. The van der Waals surface area contributed by atoms with Gasteiger partial charge in [0.15, 0.2) is 5.96 Å². The van der Waals surface area contributed by atoms with Crippen LogP contribution in [0.15, 0.2) is 11.3 Å². The standard InChI is InChI=1S/C19H35N7.HI/c1-3-20-18(21-14-17-23-16-24-25(17)2)22-15-19(10-6-4-7-11-19)26-12-8-5-9-13-26;/h16H,3-15H2,1-2H3,(H2,20,21,22);1H. The number of likely N-dealkylation sites (tertiary alicyclic amines) is 1. The van der Waals surface area contributed by atoms with Crippen LogP contribution in [0.25, 0.3) is 0 Å². The van der Waals surface area contributed by atoms with Crippen LogP contribution in [0.3, 0.4) is 0 Å². The van der Waals surface area contributed by atoms with Crippen molar-refractivity contribution in [3.8, 4) is 0 Å². The fourth-order valence-electron chi connectivity index (χ4n) is 4.39. The highest BCUT2D eigenvalue weighted by molar-refractivity contribution is 14.0. The van der Waals surface area contributed by atoms with E-state index in [1.807, 2.05) is 7.05 Å². The number of rotatable bonds is 6. The lowest BCUT2D eigenvalue weighted by atomic mass is 9.79. The van der Waals surface area contributed by atoms with E-state index in [1.165, 1.54) is 64.5 Å². The molecular formula is C19H36IN7. The number of nitrogens with one attached hydrogen (secondary N) is 2. The number of aliphatic imine (C=N–C) groups is 1. The Hall–Kier alpha value is -0.900. The van der Waals surface area contributed by atoms with Gasteiger partial charge in [0.2, 0.25) is 0 Å². The summed E-state index contributed by atoms with van der Waals surface area (Å²) in [5.41, 5.74) is 0.305. The van der Waals surface area contributed by atoms with Crippen LogP contribution in [0, 0.1) is 0 Å². The average molecular weight is 489 g/mol. The highest BCUT2D eigenvalue weighted by Gasteiger charge is 2.38. The highest BCUT2D eigenvalue weighted by atomic mass is 127. The second-order valence-corrected chi connectivity index (χ2v) is 7.68.